The number of benzene rings is 1. The van der Waals surface area contributed by atoms with E-state index >= 15 is 0 Å². The molecule has 0 aromatic heterocycles. The second kappa shape index (κ2) is 4.94. The number of ketones is 1. The fourth-order valence-corrected chi connectivity index (χ4v) is 4.40. The smallest absolute Gasteiger partial charge is 0.238 e. The molecule has 0 spiro atoms. The molecule has 22 heavy (non-hydrogen) atoms. The van der Waals surface area contributed by atoms with E-state index in [0.717, 1.165) is 12.1 Å². The van der Waals surface area contributed by atoms with Gasteiger partial charge < -0.3 is 5.32 Å². The SMILES string of the molecule is CC(C)c1ccc(NC(=O)C23CCC(CC2=O)C3(C)C)cc1. The molecule has 2 bridgehead atoms. The van der Waals surface area contributed by atoms with Gasteiger partial charge in [-0.3, -0.25) is 9.59 Å². The van der Waals surface area contributed by atoms with E-state index in [1.807, 2.05) is 24.3 Å². The van der Waals surface area contributed by atoms with Crippen molar-refractivity contribution in [3.05, 3.63) is 29.8 Å². The molecule has 0 radical (unpaired) electrons. The van der Waals surface area contributed by atoms with E-state index in [9.17, 15) is 9.59 Å². The molecule has 2 aliphatic carbocycles. The van der Waals surface area contributed by atoms with E-state index in [-0.39, 0.29) is 17.1 Å². The van der Waals surface area contributed by atoms with Crippen molar-refractivity contribution in [3.8, 4) is 0 Å². The fourth-order valence-electron chi connectivity index (χ4n) is 4.40. The summed E-state index contributed by atoms with van der Waals surface area (Å²) in [7, 11) is 0. The van der Waals surface area contributed by atoms with Crippen molar-refractivity contribution in [2.75, 3.05) is 5.32 Å². The van der Waals surface area contributed by atoms with Crippen molar-refractivity contribution >= 4 is 17.4 Å². The molecule has 0 heterocycles. The minimum Gasteiger partial charge on any atom is -0.325 e. The van der Waals surface area contributed by atoms with Crippen LogP contribution in [0.5, 0.6) is 0 Å². The first-order chi connectivity index (χ1) is 10.3. The quantitative estimate of drug-likeness (QED) is 0.852. The minimum atomic E-state index is -0.825. The molecule has 1 aromatic rings. The van der Waals surface area contributed by atoms with Crippen molar-refractivity contribution in [2.24, 2.45) is 16.7 Å². The van der Waals surface area contributed by atoms with Gasteiger partial charge in [0.25, 0.3) is 0 Å². The number of hydrogen-bond acceptors (Lipinski definition) is 2. The van der Waals surface area contributed by atoms with Gasteiger partial charge in [0.1, 0.15) is 11.2 Å². The average molecular weight is 299 g/mol. The van der Waals surface area contributed by atoms with Gasteiger partial charge in [-0.2, -0.15) is 0 Å². The van der Waals surface area contributed by atoms with Gasteiger partial charge in [-0.05, 0) is 47.8 Å². The summed E-state index contributed by atoms with van der Waals surface area (Å²) in [5.41, 5.74) is 0.970. The van der Waals surface area contributed by atoms with Crippen molar-refractivity contribution in [1.82, 2.24) is 0 Å². The summed E-state index contributed by atoms with van der Waals surface area (Å²) >= 11 is 0. The van der Waals surface area contributed by atoms with Crippen molar-refractivity contribution in [3.63, 3.8) is 0 Å². The summed E-state index contributed by atoms with van der Waals surface area (Å²) in [6, 6.07) is 7.94. The number of hydrogen-bond donors (Lipinski definition) is 1. The highest BCUT2D eigenvalue weighted by atomic mass is 16.2. The van der Waals surface area contributed by atoms with Gasteiger partial charge in [0.15, 0.2) is 0 Å². The van der Waals surface area contributed by atoms with Crippen molar-refractivity contribution in [1.29, 1.82) is 0 Å². The van der Waals surface area contributed by atoms with Crippen LogP contribution in [0.1, 0.15) is 58.4 Å². The van der Waals surface area contributed by atoms with Crippen LogP contribution in [-0.2, 0) is 9.59 Å². The zero-order valence-corrected chi connectivity index (χ0v) is 13.9. The highest BCUT2D eigenvalue weighted by molar-refractivity contribution is 6.14. The maximum atomic E-state index is 12.9. The van der Waals surface area contributed by atoms with E-state index in [1.165, 1.54) is 5.56 Å². The fraction of sp³-hybridized carbons (Fsp3) is 0.579. The molecule has 3 rings (SSSR count). The highest BCUT2D eigenvalue weighted by Gasteiger charge is 2.68. The number of anilines is 1. The predicted octanol–water partition coefficient (Wildman–Crippen LogP) is 4.14. The van der Waals surface area contributed by atoms with Crippen LogP contribution >= 0.6 is 0 Å². The Morgan fingerprint density at radius 1 is 1.23 bits per heavy atom. The van der Waals surface area contributed by atoms with Crippen LogP contribution in [0.3, 0.4) is 0 Å². The number of nitrogens with one attached hydrogen (secondary N) is 1. The van der Waals surface area contributed by atoms with Gasteiger partial charge in [0, 0.05) is 12.1 Å². The lowest BCUT2D eigenvalue weighted by molar-refractivity contribution is -0.141. The monoisotopic (exact) mass is 299 g/mol. The number of carbonyl (C=O) groups excluding carboxylic acids is 2. The Kier molecular flexibility index (Phi) is 3.42. The Bertz CT molecular complexity index is 615. The van der Waals surface area contributed by atoms with Crippen LogP contribution in [0, 0.1) is 16.7 Å². The van der Waals surface area contributed by atoms with E-state index in [1.54, 1.807) is 0 Å². The molecular formula is C19H25NO2. The van der Waals surface area contributed by atoms with Crippen LogP contribution in [0.4, 0.5) is 5.69 Å². The van der Waals surface area contributed by atoms with Gasteiger partial charge in [-0.15, -0.1) is 0 Å². The molecular weight excluding hydrogens is 274 g/mol. The second-order valence-corrected chi connectivity index (χ2v) is 7.72. The summed E-state index contributed by atoms with van der Waals surface area (Å²) in [6.07, 6.45) is 2.24. The zero-order chi connectivity index (χ0) is 16.1. The summed E-state index contributed by atoms with van der Waals surface area (Å²) < 4.78 is 0. The number of Topliss-reactive ketones (excluding diaryl/α,β-unsaturated/α-hetero) is 1. The molecule has 2 unspecified atom stereocenters. The second-order valence-electron chi connectivity index (χ2n) is 7.72. The normalized spacial score (nSPS) is 29.1. The molecule has 2 atom stereocenters. The Balaban J connectivity index is 1.84. The van der Waals surface area contributed by atoms with Gasteiger partial charge >= 0.3 is 0 Å². The molecule has 1 aromatic carbocycles. The molecule has 3 heteroatoms. The third-order valence-corrected chi connectivity index (χ3v) is 6.12. The van der Waals surface area contributed by atoms with Gasteiger partial charge in [-0.25, -0.2) is 0 Å². The van der Waals surface area contributed by atoms with Gasteiger partial charge in [-0.1, -0.05) is 39.8 Å². The third kappa shape index (κ3) is 1.94. The summed E-state index contributed by atoms with van der Waals surface area (Å²) in [5.74, 6) is 0.841. The van der Waals surface area contributed by atoms with Crippen molar-refractivity contribution in [2.45, 2.75) is 52.9 Å². The molecule has 2 aliphatic rings. The topological polar surface area (TPSA) is 46.2 Å². The largest absolute Gasteiger partial charge is 0.325 e. The number of amides is 1. The first kappa shape index (κ1) is 15.3. The summed E-state index contributed by atoms with van der Waals surface area (Å²) in [5, 5.41) is 2.99. The maximum Gasteiger partial charge on any atom is 0.238 e. The Labute approximate surface area is 132 Å². The van der Waals surface area contributed by atoms with Crippen LogP contribution < -0.4 is 5.32 Å². The molecule has 3 nitrogen and oxygen atoms in total. The minimum absolute atomic E-state index is 0.111. The predicted molar refractivity (Wildman–Crippen MR) is 87.7 cm³/mol. The molecule has 1 N–H and O–H groups in total. The van der Waals surface area contributed by atoms with Crippen LogP contribution in [0.15, 0.2) is 24.3 Å². The average Bonchev–Trinajstić information content (AvgIpc) is 2.82. The first-order valence-electron chi connectivity index (χ1n) is 8.24. The van der Waals surface area contributed by atoms with E-state index in [4.69, 9.17) is 0 Å². The van der Waals surface area contributed by atoms with E-state index in [2.05, 4.69) is 33.0 Å². The standard InChI is InChI=1S/C19H25NO2/c1-12(2)13-5-7-15(8-6-13)20-17(22)19-10-9-14(11-16(19)21)18(19,3)4/h5-8,12,14H,9-11H2,1-4H3,(H,20,22). The lowest BCUT2D eigenvalue weighted by Gasteiger charge is -2.34. The van der Waals surface area contributed by atoms with Crippen LogP contribution in [0.2, 0.25) is 0 Å². The summed E-state index contributed by atoms with van der Waals surface area (Å²) in [6.45, 7) is 8.45. The molecule has 0 saturated heterocycles. The zero-order valence-electron chi connectivity index (χ0n) is 13.9. The molecule has 2 fully saturated rings. The molecule has 2 saturated carbocycles. The van der Waals surface area contributed by atoms with Gasteiger partial charge in [0.05, 0.1) is 0 Å². The lowest BCUT2D eigenvalue weighted by atomic mass is 9.68. The Hall–Kier alpha value is -1.64. The van der Waals surface area contributed by atoms with Crippen LogP contribution in [-0.4, -0.2) is 11.7 Å². The van der Waals surface area contributed by atoms with E-state index in [0.29, 0.717) is 24.7 Å². The molecule has 1 amide bonds. The lowest BCUT2D eigenvalue weighted by Crippen LogP contribution is -2.46. The van der Waals surface area contributed by atoms with E-state index < -0.39 is 5.41 Å². The van der Waals surface area contributed by atoms with Gasteiger partial charge in [0.2, 0.25) is 5.91 Å². The molecule has 0 aliphatic heterocycles. The number of fused-ring (bicyclic) bond motifs is 2. The Morgan fingerprint density at radius 3 is 2.32 bits per heavy atom. The van der Waals surface area contributed by atoms with Crippen molar-refractivity contribution < 1.29 is 9.59 Å². The first-order valence-corrected chi connectivity index (χ1v) is 8.24. The Morgan fingerprint density at radius 2 is 1.86 bits per heavy atom. The number of carbonyl (C=O) groups is 2. The maximum absolute atomic E-state index is 12.9. The van der Waals surface area contributed by atoms with Crippen LogP contribution in [0.25, 0.3) is 0 Å². The summed E-state index contributed by atoms with van der Waals surface area (Å²) in [4.78, 5) is 25.4. The molecule has 118 valence electrons. The third-order valence-electron chi connectivity index (χ3n) is 6.12. The highest BCUT2D eigenvalue weighted by Crippen LogP contribution is 2.64. The number of rotatable bonds is 3.